The van der Waals surface area contributed by atoms with E-state index in [-0.39, 0.29) is 19.1 Å². The largest absolute Gasteiger partial charge is 0.465 e. The maximum absolute atomic E-state index is 13.1. The van der Waals surface area contributed by atoms with E-state index in [2.05, 4.69) is 10.2 Å². The molecule has 0 aliphatic carbocycles. The number of hydrogen-bond acceptors (Lipinski definition) is 10. The number of non-ortho nitro benzene ring substituents is 1. The summed E-state index contributed by atoms with van der Waals surface area (Å²) in [5.74, 6) is -0.642. The lowest BCUT2D eigenvalue weighted by atomic mass is 9.91. The number of rotatable bonds is 6. The molecule has 12 nitrogen and oxygen atoms in total. The number of nitrogens with one attached hydrogen (secondary N) is 1. The van der Waals surface area contributed by atoms with Crippen LogP contribution in [0.4, 0.5) is 5.69 Å². The number of guanidine groups is 1. The number of benzene rings is 2. The van der Waals surface area contributed by atoms with Gasteiger partial charge in [0.2, 0.25) is 18.7 Å². The highest BCUT2D eigenvalue weighted by Crippen LogP contribution is 2.34. The van der Waals surface area contributed by atoms with Crippen molar-refractivity contribution in [3.05, 3.63) is 63.7 Å². The summed E-state index contributed by atoms with van der Waals surface area (Å²) in [6, 6.07) is 10.8. The van der Waals surface area contributed by atoms with Gasteiger partial charge in [-0.2, -0.15) is 0 Å². The summed E-state index contributed by atoms with van der Waals surface area (Å²) >= 11 is 0. The zero-order valence-corrected chi connectivity index (χ0v) is 20.3. The second-order valence-corrected chi connectivity index (χ2v) is 8.92. The molecule has 2 aromatic carbocycles. The number of hydrogen-bond donors (Lipinski definition) is 1. The van der Waals surface area contributed by atoms with Crippen molar-refractivity contribution in [3.63, 3.8) is 0 Å². The second-order valence-electron chi connectivity index (χ2n) is 8.92. The minimum Gasteiger partial charge on any atom is -0.465 e. The van der Waals surface area contributed by atoms with E-state index >= 15 is 0 Å². The van der Waals surface area contributed by atoms with Gasteiger partial charge >= 0.3 is 5.97 Å². The van der Waals surface area contributed by atoms with Crippen LogP contribution >= 0.6 is 0 Å². The minimum absolute atomic E-state index is 0.103. The Morgan fingerprint density at radius 3 is 2.70 bits per heavy atom. The van der Waals surface area contributed by atoms with Crippen LogP contribution in [0, 0.1) is 16.0 Å². The third-order valence-electron chi connectivity index (χ3n) is 6.57. The summed E-state index contributed by atoms with van der Waals surface area (Å²) in [4.78, 5) is 45.5. The highest BCUT2D eigenvalue weighted by molar-refractivity contribution is 6.08. The molecule has 1 N–H and O–H groups in total. The fourth-order valence-corrected chi connectivity index (χ4v) is 4.70. The number of piperazine rings is 1. The average molecular weight is 510 g/mol. The molecule has 12 heteroatoms. The Bertz CT molecular complexity index is 1240. The van der Waals surface area contributed by atoms with Crippen molar-refractivity contribution < 1.29 is 28.7 Å². The van der Waals surface area contributed by atoms with Gasteiger partial charge < -0.3 is 19.1 Å². The number of aliphatic imine (C=N–C) groups is 1. The van der Waals surface area contributed by atoms with Crippen LogP contribution in [0.15, 0.2) is 47.5 Å². The first kappa shape index (κ1) is 24.5. The number of fused-ring (bicyclic) bond motifs is 1. The van der Waals surface area contributed by atoms with Crippen molar-refractivity contribution in [1.29, 1.82) is 0 Å². The molecule has 1 amide bonds. The SMILES string of the molecule is CCOC(=O)[C@H]1C(=O)NC(N2CCN(Cc3ccc4c(c3)OCO4)CC2)=N[C@@H]1c1cccc([N+](=O)[O-])c1. The summed E-state index contributed by atoms with van der Waals surface area (Å²) < 4.78 is 16.0. The maximum atomic E-state index is 13.1. The standard InChI is InChI=1S/C25H27N5O7/c1-2-35-24(32)21-22(17-4-3-5-18(13-17)30(33)34)26-25(27-23(21)31)29-10-8-28(9-11-29)14-16-6-7-19-20(12-16)37-15-36-19/h3-7,12-13,21-22H,2,8-11,14-15H2,1H3,(H,26,27,31)/t21-,22-/m1/s1. The molecule has 0 spiro atoms. The van der Waals surface area contributed by atoms with E-state index in [1.54, 1.807) is 13.0 Å². The molecule has 0 bridgehead atoms. The molecular weight excluding hydrogens is 482 g/mol. The van der Waals surface area contributed by atoms with Crippen molar-refractivity contribution in [2.45, 2.75) is 19.5 Å². The van der Waals surface area contributed by atoms with Crippen LogP contribution in [-0.4, -0.2) is 72.1 Å². The molecule has 0 saturated carbocycles. The van der Waals surface area contributed by atoms with Crippen LogP contribution in [0.5, 0.6) is 11.5 Å². The summed E-state index contributed by atoms with van der Waals surface area (Å²) in [6.45, 7) is 5.40. The van der Waals surface area contributed by atoms with Gasteiger partial charge in [-0.1, -0.05) is 18.2 Å². The first-order valence-electron chi connectivity index (χ1n) is 12.1. The van der Waals surface area contributed by atoms with Gasteiger partial charge in [0, 0.05) is 44.9 Å². The summed E-state index contributed by atoms with van der Waals surface area (Å²) in [6.07, 6.45) is 0. The van der Waals surface area contributed by atoms with Crippen molar-refractivity contribution in [3.8, 4) is 11.5 Å². The van der Waals surface area contributed by atoms with Gasteiger partial charge in [-0.25, -0.2) is 4.99 Å². The van der Waals surface area contributed by atoms with E-state index in [1.807, 2.05) is 23.1 Å². The lowest BCUT2D eigenvalue weighted by molar-refractivity contribution is -0.384. The molecule has 3 heterocycles. The molecule has 1 saturated heterocycles. The van der Waals surface area contributed by atoms with Crippen LogP contribution in [0.25, 0.3) is 0 Å². The lowest BCUT2D eigenvalue weighted by Gasteiger charge is -2.39. The fourth-order valence-electron chi connectivity index (χ4n) is 4.70. The lowest BCUT2D eigenvalue weighted by Crippen LogP contribution is -2.57. The number of esters is 1. The van der Waals surface area contributed by atoms with Crippen LogP contribution in [0.2, 0.25) is 0 Å². The van der Waals surface area contributed by atoms with E-state index in [0.29, 0.717) is 24.6 Å². The normalized spacial score (nSPS) is 21.3. The third kappa shape index (κ3) is 5.19. The molecule has 2 atom stereocenters. The Hall–Kier alpha value is -4.19. The Morgan fingerprint density at radius 1 is 1.16 bits per heavy atom. The Balaban J connectivity index is 1.32. The molecule has 0 unspecified atom stereocenters. The first-order valence-corrected chi connectivity index (χ1v) is 12.1. The Labute approximate surface area is 212 Å². The molecule has 2 aromatic rings. The molecular formula is C25H27N5O7. The van der Waals surface area contributed by atoms with E-state index in [9.17, 15) is 19.7 Å². The molecule has 37 heavy (non-hydrogen) atoms. The van der Waals surface area contributed by atoms with Gasteiger partial charge in [-0.15, -0.1) is 0 Å². The highest BCUT2D eigenvalue weighted by atomic mass is 16.7. The van der Waals surface area contributed by atoms with Gasteiger partial charge in [0.15, 0.2) is 17.4 Å². The zero-order chi connectivity index (χ0) is 25.9. The molecule has 0 radical (unpaired) electrons. The molecule has 194 valence electrons. The van der Waals surface area contributed by atoms with Gasteiger partial charge in [0.1, 0.15) is 6.04 Å². The van der Waals surface area contributed by atoms with Crippen molar-refractivity contribution in [2.75, 3.05) is 39.6 Å². The van der Waals surface area contributed by atoms with Gasteiger partial charge in [0.05, 0.1) is 11.5 Å². The van der Waals surface area contributed by atoms with Crippen LogP contribution in [0.3, 0.4) is 0 Å². The first-order chi connectivity index (χ1) is 17.9. The van der Waals surface area contributed by atoms with Crippen molar-refractivity contribution in [2.24, 2.45) is 10.9 Å². The number of nitro groups is 1. The molecule has 3 aliphatic rings. The van der Waals surface area contributed by atoms with Gasteiger partial charge in [0.25, 0.3) is 5.69 Å². The van der Waals surface area contributed by atoms with Gasteiger partial charge in [-0.05, 0) is 30.2 Å². The number of ether oxygens (including phenoxy) is 3. The summed E-state index contributed by atoms with van der Waals surface area (Å²) in [5, 5.41) is 14.1. The van der Waals surface area contributed by atoms with E-state index < -0.39 is 28.8 Å². The monoisotopic (exact) mass is 509 g/mol. The number of nitrogens with zero attached hydrogens (tertiary/aromatic N) is 4. The third-order valence-corrected chi connectivity index (χ3v) is 6.57. The van der Waals surface area contributed by atoms with Crippen LogP contribution < -0.4 is 14.8 Å². The minimum atomic E-state index is -1.24. The molecule has 3 aliphatic heterocycles. The molecule has 1 fully saturated rings. The summed E-state index contributed by atoms with van der Waals surface area (Å²) in [7, 11) is 0. The van der Waals surface area contributed by atoms with E-state index in [4.69, 9.17) is 19.2 Å². The predicted molar refractivity (Wildman–Crippen MR) is 131 cm³/mol. The second kappa shape index (κ2) is 10.4. The predicted octanol–water partition coefficient (Wildman–Crippen LogP) is 1.85. The number of nitro benzene ring substituents is 1. The maximum Gasteiger partial charge on any atom is 0.321 e. The Morgan fingerprint density at radius 2 is 1.95 bits per heavy atom. The number of carbonyl (C=O) groups is 2. The van der Waals surface area contributed by atoms with Crippen LogP contribution in [-0.2, 0) is 20.9 Å². The number of carbonyl (C=O) groups excluding carboxylic acids is 2. The van der Waals surface area contributed by atoms with Crippen molar-refractivity contribution >= 4 is 23.5 Å². The highest BCUT2D eigenvalue weighted by Gasteiger charge is 2.42. The van der Waals surface area contributed by atoms with E-state index in [1.165, 1.54) is 18.2 Å². The molecule has 0 aromatic heterocycles. The van der Waals surface area contributed by atoms with Crippen molar-refractivity contribution in [1.82, 2.24) is 15.1 Å². The topological polar surface area (TPSA) is 136 Å². The number of amides is 1. The van der Waals surface area contributed by atoms with Crippen LogP contribution in [0.1, 0.15) is 24.1 Å². The Kier molecular flexibility index (Phi) is 6.91. The van der Waals surface area contributed by atoms with E-state index in [0.717, 1.165) is 36.7 Å². The quantitative estimate of drug-likeness (QED) is 0.268. The van der Waals surface area contributed by atoms with Gasteiger partial charge in [-0.3, -0.25) is 29.9 Å². The fraction of sp³-hybridized carbons (Fsp3) is 0.400. The average Bonchev–Trinajstić information content (AvgIpc) is 3.37. The molecule has 5 rings (SSSR count). The zero-order valence-electron chi connectivity index (χ0n) is 20.3. The smallest absolute Gasteiger partial charge is 0.321 e. The summed E-state index contributed by atoms with van der Waals surface area (Å²) in [5.41, 5.74) is 1.38.